The molecular weight excluding hydrogens is 418 g/mol. The van der Waals surface area contributed by atoms with Crippen molar-refractivity contribution < 1.29 is 27.1 Å². The van der Waals surface area contributed by atoms with Crippen molar-refractivity contribution in [3.05, 3.63) is 77.2 Å². The molecule has 1 amide bonds. The van der Waals surface area contributed by atoms with Gasteiger partial charge in [-0.15, -0.1) is 0 Å². The van der Waals surface area contributed by atoms with Gasteiger partial charge in [0, 0.05) is 17.1 Å². The number of furan rings is 1. The van der Waals surface area contributed by atoms with Gasteiger partial charge in [-0.25, -0.2) is 8.42 Å². The lowest BCUT2D eigenvalue weighted by atomic mass is 10.2. The quantitative estimate of drug-likeness (QED) is 0.638. The molecule has 0 radical (unpaired) electrons. The van der Waals surface area contributed by atoms with Gasteiger partial charge >= 0.3 is 0 Å². The zero-order valence-electron chi connectivity index (χ0n) is 15.0. The van der Waals surface area contributed by atoms with Crippen LogP contribution in [-0.4, -0.2) is 27.7 Å². The van der Waals surface area contributed by atoms with Gasteiger partial charge in [0.25, 0.3) is 5.91 Å². The van der Waals surface area contributed by atoms with Crippen LogP contribution in [0, 0.1) is 0 Å². The van der Waals surface area contributed by atoms with Crippen molar-refractivity contribution >= 4 is 27.3 Å². The summed E-state index contributed by atoms with van der Waals surface area (Å²) in [4.78, 5) is 12.7. The van der Waals surface area contributed by atoms with Crippen molar-refractivity contribution in [1.82, 2.24) is 5.32 Å². The Morgan fingerprint density at radius 1 is 1.07 bits per heavy atom. The third-order valence-electron chi connectivity index (χ3n) is 4.46. The van der Waals surface area contributed by atoms with E-state index in [0.717, 1.165) is 0 Å². The molecule has 0 saturated heterocycles. The Morgan fingerprint density at radius 2 is 1.83 bits per heavy atom. The van der Waals surface area contributed by atoms with Crippen LogP contribution in [0.15, 0.2) is 70.2 Å². The number of rotatable bonds is 6. The molecule has 2 aromatic carbocycles. The second-order valence-electron chi connectivity index (χ2n) is 6.28. The maximum absolute atomic E-state index is 13.2. The normalized spacial score (nSPS) is 13.8. The first-order valence-corrected chi connectivity index (χ1v) is 10.6. The first-order valence-electron chi connectivity index (χ1n) is 8.66. The summed E-state index contributed by atoms with van der Waals surface area (Å²) in [6.07, 6.45) is 1.39. The zero-order chi connectivity index (χ0) is 20.4. The Hall–Kier alpha value is -2.97. The fourth-order valence-electron chi connectivity index (χ4n) is 2.95. The summed E-state index contributed by atoms with van der Waals surface area (Å²) in [6.45, 7) is -0.0773. The predicted molar refractivity (Wildman–Crippen MR) is 105 cm³/mol. The molecule has 0 saturated carbocycles. The van der Waals surface area contributed by atoms with Gasteiger partial charge in [0.15, 0.2) is 21.3 Å². The van der Waals surface area contributed by atoms with Crippen LogP contribution in [0.25, 0.3) is 0 Å². The molecule has 1 aromatic heterocycles. The number of hydrogen-bond donors (Lipinski definition) is 1. The Bertz CT molecular complexity index is 1130. The maximum atomic E-state index is 13.2. The lowest BCUT2D eigenvalue weighted by Gasteiger charge is -2.17. The van der Waals surface area contributed by atoms with Crippen molar-refractivity contribution in [3.63, 3.8) is 0 Å². The minimum atomic E-state index is -3.84. The van der Waals surface area contributed by atoms with Gasteiger partial charge in [-0.05, 0) is 54.6 Å². The molecule has 3 aromatic rings. The van der Waals surface area contributed by atoms with Crippen LogP contribution in [-0.2, 0) is 9.84 Å². The summed E-state index contributed by atoms with van der Waals surface area (Å²) >= 11 is 5.86. The van der Waals surface area contributed by atoms with E-state index in [1.54, 1.807) is 30.3 Å². The topological polar surface area (TPSA) is 94.8 Å². The summed E-state index contributed by atoms with van der Waals surface area (Å²) in [7, 11) is -3.84. The second kappa shape index (κ2) is 7.81. The molecule has 1 N–H and O–H groups in total. The highest BCUT2D eigenvalue weighted by atomic mass is 35.5. The van der Waals surface area contributed by atoms with E-state index in [9.17, 15) is 13.2 Å². The minimum Gasteiger partial charge on any atom is -0.468 e. The Kier molecular flexibility index (Phi) is 5.21. The first-order chi connectivity index (χ1) is 13.9. The molecule has 0 unspecified atom stereocenters. The van der Waals surface area contributed by atoms with Gasteiger partial charge in [-0.3, -0.25) is 4.79 Å². The first kappa shape index (κ1) is 19.4. The lowest BCUT2D eigenvalue weighted by Crippen LogP contribution is -2.31. The summed E-state index contributed by atoms with van der Waals surface area (Å²) < 4.78 is 42.1. The van der Waals surface area contributed by atoms with Crippen molar-refractivity contribution in [1.29, 1.82) is 0 Å². The predicted octanol–water partition coefficient (Wildman–Crippen LogP) is 3.61. The van der Waals surface area contributed by atoms with Gasteiger partial charge in [-0.2, -0.15) is 0 Å². The minimum absolute atomic E-state index is 0.0839. The van der Waals surface area contributed by atoms with Gasteiger partial charge in [0.2, 0.25) is 6.79 Å². The third kappa shape index (κ3) is 3.94. The standard InChI is InChI=1S/C20H16ClNO6S/c21-14-4-6-15(7-5-14)29(24,25)19(17-2-1-9-26-17)11-22-20(23)13-3-8-16-18(10-13)28-12-27-16/h1-10,19H,11-12H2,(H,22,23)/t19-/m0/s1. The van der Waals surface area contributed by atoms with Gasteiger partial charge in [0.05, 0.1) is 11.2 Å². The van der Waals surface area contributed by atoms with Crippen LogP contribution in [0.4, 0.5) is 0 Å². The highest BCUT2D eigenvalue weighted by Crippen LogP contribution is 2.33. The summed E-state index contributed by atoms with van der Waals surface area (Å²) in [5, 5.41) is 1.99. The number of sulfone groups is 1. The smallest absolute Gasteiger partial charge is 0.251 e. The summed E-state index contributed by atoms with van der Waals surface area (Å²) in [5.74, 6) is 0.812. The molecule has 1 aliphatic rings. The number of fused-ring (bicyclic) bond motifs is 1. The number of nitrogens with one attached hydrogen (secondary N) is 1. The molecule has 0 fully saturated rings. The number of carbonyl (C=O) groups is 1. The fourth-order valence-corrected chi connectivity index (χ4v) is 4.66. The van der Waals surface area contributed by atoms with Crippen LogP contribution in [0.3, 0.4) is 0 Å². The summed E-state index contributed by atoms with van der Waals surface area (Å²) in [6, 6.07) is 13.8. The van der Waals surface area contributed by atoms with E-state index in [0.29, 0.717) is 22.1 Å². The highest BCUT2D eigenvalue weighted by Gasteiger charge is 2.32. The second-order valence-corrected chi connectivity index (χ2v) is 8.85. The number of benzene rings is 2. The van der Waals surface area contributed by atoms with Gasteiger partial charge < -0.3 is 19.2 Å². The highest BCUT2D eigenvalue weighted by molar-refractivity contribution is 7.91. The van der Waals surface area contributed by atoms with Gasteiger partial charge in [0.1, 0.15) is 11.0 Å². The number of ether oxygens (including phenoxy) is 2. The van der Waals surface area contributed by atoms with Crippen LogP contribution < -0.4 is 14.8 Å². The zero-order valence-corrected chi connectivity index (χ0v) is 16.6. The van der Waals surface area contributed by atoms with Crippen LogP contribution in [0.2, 0.25) is 5.02 Å². The number of amides is 1. The lowest BCUT2D eigenvalue weighted by molar-refractivity contribution is 0.0952. The van der Waals surface area contributed by atoms with E-state index in [1.807, 2.05) is 0 Å². The van der Waals surface area contributed by atoms with E-state index in [4.69, 9.17) is 25.5 Å². The van der Waals surface area contributed by atoms with Crippen molar-refractivity contribution in [3.8, 4) is 11.5 Å². The van der Waals surface area contributed by atoms with E-state index in [1.165, 1.54) is 30.5 Å². The molecule has 0 aliphatic carbocycles. The average Bonchev–Trinajstić information content (AvgIpc) is 3.39. The third-order valence-corrected chi connectivity index (χ3v) is 6.79. The molecule has 0 spiro atoms. The molecule has 2 heterocycles. The van der Waals surface area contributed by atoms with Crippen LogP contribution >= 0.6 is 11.6 Å². The van der Waals surface area contributed by atoms with E-state index >= 15 is 0 Å². The Balaban J connectivity index is 1.57. The largest absolute Gasteiger partial charge is 0.468 e. The monoisotopic (exact) mass is 433 g/mol. The Morgan fingerprint density at radius 3 is 2.55 bits per heavy atom. The molecule has 4 rings (SSSR count). The molecule has 150 valence electrons. The SMILES string of the molecule is O=C(NC[C@@H](c1ccco1)S(=O)(=O)c1ccc(Cl)cc1)c1ccc2c(c1)OCO2. The van der Waals surface area contributed by atoms with Crippen LogP contribution in [0.1, 0.15) is 21.4 Å². The number of hydrogen-bond acceptors (Lipinski definition) is 6. The van der Waals surface area contributed by atoms with Crippen molar-refractivity contribution in [2.24, 2.45) is 0 Å². The van der Waals surface area contributed by atoms with E-state index < -0.39 is 21.0 Å². The molecule has 1 atom stereocenters. The van der Waals surface area contributed by atoms with E-state index in [2.05, 4.69) is 5.32 Å². The Labute approximate surface area is 172 Å². The maximum Gasteiger partial charge on any atom is 0.251 e. The summed E-state index contributed by atoms with van der Waals surface area (Å²) in [5.41, 5.74) is 0.330. The fraction of sp³-hybridized carbons (Fsp3) is 0.150. The van der Waals surface area contributed by atoms with Crippen molar-refractivity contribution in [2.45, 2.75) is 10.1 Å². The average molecular weight is 434 g/mol. The van der Waals surface area contributed by atoms with Gasteiger partial charge in [-0.1, -0.05) is 11.6 Å². The molecular formula is C20H16ClNO6S. The number of carbonyl (C=O) groups excluding carboxylic acids is 1. The molecule has 1 aliphatic heterocycles. The van der Waals surface area contributed by atoms with E-state index in [-0.39, 0.29) is 24.0 Å². The molecule has 7 nitrogen and oxygen atoms in total. The van der Waals surface area contributed by atoms with Crippen molar-refractivity contribution in [2.75, 3.05) is 13.3 Å². The number of halogens is 1. The molecule has 9 heteroatoms. The molecule has 0 bridgehead atoms. The molecule has 29 heavy (non-hydrogen) atoms. The van der Waals surface area contributed by atoms with Crippen LogP contribution in [0.5, 0.6) is 11.5 Å².